The molecule has 1 heterocycles. The molecule has 1 aliphatic heterocycles. The Morgan fingerprint density at radius 3 is 2.78 bits per heavy atom. The number of piperidine rings is 1. The van der Waals surface area contributed by atoms with E-state index < -0.39 is 0 Å². The first kappa shape index (κ1) is 17.8. The molecule has 1 aromatic carbocycles. The fraction of sp³-hybridized carbons (Fsp3) is 0.611. The molecular formula is C18H27NO4. The summed E-state index contributed by atoms with van der Waals surface area (Å²) in [4.78, 5) is 14.2. The summed E-state index contributed by atoms with van der Waals surface area (Å²) in [5.41, 5.74) is 0. The van der Waals surface area contributed by atoms with Crippen molar-refractivity contribution in [1.82, 2.24) is 4.90 Å². The number of carbonyl (C=O) groups is 1. The molecule has 0 aliphatic carbocycles. The minimum absolute atomic E-state index is 0.0976. The molecular weight excluding hydrogens is 294 g/mol. The van der Waals surface area contributed by atoms with Crippen molar-refractivity contribution in [2.75, 3.05) is 39.5 Å². The van der Waals surface area contributed by atoms with Crippen molar-refractivity contribution < 1.29 is 19.0 Å². The van der Waals surface area contributed by atoms with E-state index in [0.29, 0.717) is 26.4 Å². The number of benzene rings is 1. The van der Waals surface area contributed by atoms with Gasteiger partial charge in [-0.1, -0.05) is 24.6 Å². The molecule has 128 valence electrons. The predicted molar refractivity (Wildman–Crippen MR) is 88.6 cm³/mol. The summed E-state index contributed by atoms with van der Waals surface area (Å²) < 4.78 is 16.4. The molecule has 1 atom stereocenters. The van der Waals surface area contributed by atoms with E-state index in [0.717, 1.165) is 38.1 Å². The zero-order chi connectivity index (χ0) is 16.3. The van der Waals surface area contributed by atoms with Gasteiger partial charge in [-0.25, -0.2) is 0 Å². The molecule has 0 amide bonds. The van der Waals surface area contributed by atoms with Crippen molar-refractivity contribution in [3.05, 3.63) is 30.3 Å². The Kier molecular flexibility index (Phi) is 7.90. The number of hydrogen-bond acceptors (Lipinski definition) is 5. The maximum atomic E-state index is 12.0. The van der Waals surface area contributed by atoms with Crippen LogP contribution in [0.5, 0.6) is 5.75 Å². The van der Waals surface area contributed by atoms with Crippen molar-refractivity contribution in [3.8, 4) is 5.75 Å². The predicted octanol–water partition coefficient (Wildman–Crippen LogP) is 2.50. The van der Waals surface area contributed by atoms with E-state index in [1.807, 2.05) is 37.3 Å². The number of carbonyl (C=O) groups excluding carboxylic acids is 1. The second-order valence-electron chi connectivity index (χ2n) is 5.57. The third-order valence-electron chi connectivity index (χ3n) is 3.93. The van der Waals surface area contributed by atoms with Gasteiger partial charge in [0, 0.05) is 6.54 Å². The van der Waals surface area contributed by atoms with Gasteiger partial charge in [-0.15, -0.1) is 0 Å². The van der Waals surface area contributed by atoms with E-state index in [1.165, 1.54) is 0 Å². The van der Waals surface area contributed by atoms with Crippen molar-refractivity contribution >= 4 is 5.97 Å². The SMILES string of the molecule is CCOC(=O)C1CCCCN1CCOCCOc1ccccc1. The molecule has 0 saturated carbocycles. The molecule has 5 heteroatoms. The van der Waals surface area contributed by atoms with Gasteiger partial charge < -0.3 is 14.2 Å². The minimum Gasteiger partial charge on any atom is -0.491 e. The first-order valence-electron chi connectivity index (χ1n) is 8.47. The summed E-state index contributed by atoms with van der Waals surface area (Å²) in [6.45, 7) is 5.67. The fourth-order valence-corrected chi connectivity index (χ4v) is 2.78. The molecule has 2 rings (SSSR count). The second kappa shape index (κ2) is 10.2. The van der Waals surface area contributed by atoms with Crippen LogP contribution in [0.1, 0.15) is 26.2 Å². The first-order chi connectivity index (χ1) is 11.3. The normalized spacial score (nSPS) is 18.6. The summed E-state index contributed by atoms with van der Waals surface area (Å²) in [6, 6.07) is 9.61. The van der Waals surface area contributed by atoms with Gasteiger partial charge in [-0.05, 0) is 38.4 Å². The smallest absolute Gasteiger partial charge is 0.323 e. The lowest BCUT2D eigenvalue weighted by atomic mass is 10.0. The quantitative estimate of drug-likeness (QED) is 0.517. The molecule has 1 aliphatic rings. The zero-order valence-electron chi connectivity index (χ0n) is 13.9. The van der Waals surface area contributed by atoms with E-state index in [9.17, 15) is 4.79 Å². The number of nitrogens with zero attached hydrogens (tertiary/aromatic N) is 1. The zero-order valence-corrected chi connectivity index (χ0v) is 13.9. The van der Waals surface area contributed by atoms with Crippen molar-refractivity contribution in [2.24, 2.45) is 0 Å². The Labute approximate surface area is 138 Å². The van der Waals surface area contributed by atoms with Crippen LogP contribution in [-0.2, 0) is 14.3 Å². The number of likely N-dealkylation sites (tertiary alicyclic amines) is 1. The summed E-state index contributed by atoms with van der Waals surface area (Å²) in [5.74, 6) is 0.758. The first-order valence-corrected chi connectivity index (χ1v) is 8.47. The van der Waals surface area contributed by atoms with E-state index in [4.69, 9.17) is 14.2 Å². The molecule has 1 aromatic rings. The molecule has 1 fully saturated rings. The summed E-state index contributed by atoms with van der Waals surface area (Å²) in [6.07, 6.45) is 3.11. The van der Waals surface area contributed by atoms with Gasteiger partial charge in [0.15, 0.2) is 0 Å². The van der Waals surface area contributed by atoms with Crippen LogP contribution in [-0.4, -0.2) is 56.4 Å². The van der Waals surface area contributed by atoms with Gasteiger partial charge in [-0.2, -0.15) is 0 Å². The Balaban J connectivity index is 1.61. The highest BCUT2D eigenvalue weighted by Crippen LogP contribution is 2.17. The number of para-hydroxylation sites is 1. The molecule has 1 unspecified atom stereocenters. The van der Waals surface area contributed by atoms with E-state index in [-0.39, 0.29) is 12.0 Å². The number of esters is 1. The lowest BCUT2D eigenvalue weighted by Crippen LogP contribution is -2.46. The van der Waals surface area contributed by atoms with E-state index in [2.05, 4.69) is 4.90 Å². The van der Waals surface area contributed by atoms with Crippen molar-refractivity contribution in [3.63, 3.8) is 0 Å². The Morgan fingerprint density at radius 1 is 1.17 bits per heavy atom. The van der Waals surface area contributed by atoms with Gasteiger partial charge in [0.05, 0.1) is 19.8 Å². The molecule has 0 spiro atoms. The van der Waals surface area contributed by atoms with Gasteiger partial charge in [0.2, 0.25) is 0 Å². The van der Waals surface area contributed by atoms with Crippen LogP contribution in [0.3, 0.4) is 0 Å². The molecule has 0 bridgehead atoms. The van der Waals surface area contributed by atoms with Crippen LogP contribution in [0.2, 0.25) is 0 Å². The minimum atomic E-state index is -0.104. The lowest BCUT2D eigenvalue weighted by molar-refractivity contribution is -0.151. The molecule has 0 N–H and O–H groups in total. The molecule has 5 nitrogen and oxygen atoms in total. The van der Waals surface area contributed by atoms with Gasteiger partial charge in [0.25, 0.3) is 0 Å². The summed E-state index contributed by atoms with van der Waals surface area (Å²) in [5, 5.41) is 0. The number of hydrogen-bond donors (Lipinski definition) is 0. The highest BCUT2D eigenvalue weighted by Gasteiger charge is 2.29. The standard InChI is InChI=1S/C18H27NO4/c1-2-22-18(20)17-10-6-7-11-19(17)12-13-21-14-15-23-16-8-4-3-5-9-16/h3-5,8-9,17H,2,6-7,10-15H2,1H3. The van der Waals surface area contributed by atoms with Crippen molar-refractivity contribution in [1.29, 1.82) is 0 Å². The number of ether oxygens (including phenoxy) is 3. The van der Waals surface area contributed by atoms with Gasteiger partial charge in [0.1, 0.15) is 18.4 Å². The molecule has 23 heavy (non-hydrogen) atoms. The third kappa shape index (κ3) is 6.20. The van der Waals surface area contributed by atoms with Crippen LogP contribution < -0.4 is 4.74 Å². The summed E-state index contributed by atoms with van der Waals surface area (Å²) in [7, 11) is 0. The average Bonchev–Trinajstić information content (AvgIpc) is 2.59. The van der Waals surface area contributed by atoms with Crippen molar-refractivity contribution in [2.45, 2.75) is 32.2 Å². The molecule has 1 saturated heterocycles. The third-order valence-corrected chi connectivity index (χ3v) is 3.93. The van der Waals surface area contributed by atoms with E-state index >= 15 is 0 Å². The largest absolute Gasteiger partial charge is 0.491 e. The fourth-order valence-electron chi connectivity index (χ4n) is 2.78. The number of rotatable bonds is 9. The maximum Gasteiger partial charge on any atom is 0.323 e. The monoisotopic (exact) mass is 321 g/mol. The molecule has 0 aromatic heterocycles. The summed E-state index contributed by atoms with van der Waals surface area (Å²) >= 11 is 0. The Morgan fingerprint density at radius 2 is 2.00 bits per heavy atom. The average molecular weight is 321 g/mol. The van der Waals surface area contributed by atoms with Crippen LogP contribution >= 0.6 is 0 Å². The topological polar surface area (TPSA) is 48.0 Å². The Hall–Kier alpha value is -1.59. The highest BCUT2D eigenvalue weighted by atomic mass is 16.5. The van der Waals surface area contributed by atoms with Gasteiger partial charge in [-0.3, -0.25) is 9.69 Å². The highest BCUT2D eigenvalue weighted by molar-refractivity contribution is 5.75. The van der Waals surface area contributed by atoms with Crippen LogP contribution in [0.15, 0.2) is 30.3 Å². The van der Waals surface area contributed by atoms with Crippen LogP contribution in [0.25, 0.3) is 0 Å². The molecule has 0 radical (unpaired) electrons. The van der Waals surface area contributed by atoms with E-state index in [1.54, 1.807) is 0 Å². The van der Waals surface area contributed by atoms with Crippen LogP contribution in [0, 0.1) is 0 Å². The van der Waals surface area contributed by atoms with Gasteiger partial charge >= 0.3 is 5.97 Å². The second-order valence-corrected chi connectivity index (χ2v) is 5.57. The van der Waals surface area contributed by atoms with Crippen LogP contribution in [0.4, 0.5) is 0 Å². The maximum absolute atomic E-state index is 12.0. The Bertz CT molecular complexity index is 452. The lowest BCUT2D eigenvalue weighted by Gasteiger charge is -2.33.